The fourth-order valence-corrected chi connectivity index (χ4v) is 3.13. The van der Waals surface area contributed by atoms with Crippen molar-refractivity contribution in [3.05, 3.63) is 64.0 Å². The van der Waals surface area contributed by atoms with Crippen LogP contribution in [0.25, 0.3) is 11.5 Å². The van der Waals surface area contributed by atoms with Gasteiger partial charge < -0.3 is 13.9 Å². The molecule has 1 heterocycles. The lowest BCUT2D eigenvalue weighted by Crippen LogP contribution is -2.12. The number of carbonyl (C=O) groups excluding carboxylic acids is 2. The number of ketones is 1. The van der Waals surface area contributed by atoms with Crippen molar-refractivity contribution < 1.29 is 23.5 Å². The lowest BCUT2D eigenvalue weighted by atomic mass is 10.1. The highest BCUT2D eigenvalue weighted by molar-refractivity contribution is 9.10. The van der Waals surface area contributed by atoms with Gasteiger partial charge in [0.25, 0.3) is 5.89 Å². The maximum absolute atomic E-state index is 12.5. The third-order valence-corrected chi connectivity index (χ3v) is 4.91. The van der Waals surface area contributed by atoms with Crippen LogP contribution in [0.5, 0.6) is 5.75 Å². The summed E-state index contributed by atoms with van der Waals surface area (Å²) in [5.41, 5.74) is 2.31. The molecule has 0 N–H and O–H groups in total. The van der Waals surface area contributed by atoms with Crippen LogP contribution in [0, 0.1) is 6.92 Å². The van der Waals surface area contributed by atoms with Crippen LogP contribution in [0.3, 0.4) is 0 Å². The quantitative estimate of drug-likeness (QED) is 0.333. The molecular formula is C22H21BrN2O5. The van der Waals surface area contributed by atoms with Gasteiger partial charge in [-0.1, -0.05) is 33.6 Å². The molecule has 8 heteroatoms. The number of benzene rings is 2. The van der Waals surface area contributed by atoms with E-state index in [0.717, 1.165) is 15.6 Å². The maximum atomic E-state index is 12.5. The van der Waals surface area contributed by atoms with Gasteiger partial charge in [0, 0.05) is 16.5 Å². The highest BCUT2D eigenvalue weighted by Crippen LogP contribution is 2.26. The molecule has 0 aliphatic carbocycles. The predicted octanol–water partition coefficient (Wildman–Crippen LogP) is 5.08. The molecule has 30 heavy (non-hydrogen) atoms. The summed E-state index contributed by atoms with van der Waals surface area (Å²) in [5, 5.41) is 7.97. The summed E-state index contributed by atoms with van der Waals surface area (Å²) in [6.07, 6.45) is -0.797. The maximum Gasteiger partial charge on any atom is 0.307 e. The van der Waals surface area contributed by atoms with E-state index in [2.05, 4.69) is 26.1 Å². The van der Waals surface area contributed by atoms with E-state index in [9.17, 15) is 9.59 Å². The molecule has 156 valence electrons. The first-order chi connectivity index (χ1) is 14.4. The van der Waals surface area contributed by atoms with Gasteiger partial charge in [0.05, 0.1) is 19.1 Å². The molecule has 0 amide bonds. The standard InChI is InChI=1S/C22H21BrN2O5/c1-13-4-6-15(7-5-13)22-25-24-21(30-22)14(2)29-20(27)11-9-18(26)17-12-16(23)8-10-19(17)28-3/h4-8,10,12,14H,9,11H2,1-3H3. The smallest absolute Gasteiger partial charge is 0.307 e. The zero-order valence-electron chi connectivity index (χ0n) is 16.8. The Labute approximate surface area is 182 Å². The van der Waals surface area contributed by atoms with Crippen molar-refractivity contribution in [3.63, 3.8) is 0 Å². The van der Waals surface area contributed by atoms with E-state index in [-0.39, 0.29) is 24.5 Å². The van der Waals surface area contributed by atoms with Gasteiger partial charge in [0.1, 0.15) is 5.75 Å². The molecule has 3 rings (SSSR count). The Bertz CT molecular complexity index is 1050. The van der Waals surface area contributed by atoms with E-state index in [1.165, 1.54) is 7.11 Å². The molecule has 0 bridgehead atoms. The van der Waals surface area contributed by atoms with E-state index in [4.69, 9.17) is 13.9 Å². The Kier molecular flexibility index (Phi) is 6.99. The molecule has 0 fully saturated rings. The van der Waals surface area contributed by atoms with Crippen molar-refractivity contribution in [2.45, 2.75) is 32.8 Å². The Morgan fingerprint density at radius 2 is 1.83 bits per heavy atom. The van der Waals surface area contributed by atoms with Crippen LogP contribution in [0.4, 0.5) is 0 Å². The average molecular weight is 473 g/mol. The van der Waals surface area contributed by atoms with Gasteiger partial charge in [-0.3, -0.25) is 9.59 Å². The van der Waals surface area contributed by atoms with Crippen LogP contribution < -0.4 is 4.74 Å². The number of aromatic nitrogens is 2. The fourth-order valence-electron chi connectivity index (χ4n) is 2.77. The van der Waals surface area contributed by atoms with Crippen molar-refractivity contribution in [1.29, 1.82) is 0 Å². The summed E-state index contributed by atoms with van der Waals surface area (Å²) in [7, 11) is 1.49. The van der Waals surface area contributed by atoms with Crippen molar-refractivity contribution in [3.8, 4) is 17.2 Å². The minimum Gasteiger partial charge on any atom is -0.496 e. The second-order valence-corrected chi connectivity index (χ2v) is 7.63. The summed E-state index contributed by atoms with van der Waals surface area (Å²) in [4.78, 5) is 24.7. The number of Topliss-reactive ketones (excluding diaryl/α,β-unsaturated/α-hetero) is 1. The van der Waals surface area contributed by atoms with Crippen molar-refractivity contribution in [2.24, 2.45) is 0 Å². The van der Waals surface area contributed by atoms with Crippen molar-refractivity contribution in [1.82, 2.24) is 10.2 Å². The topological polar surface area (TPSA) is 91.5 Å². The van der Waals surface area contributed by atoms with Gasteiger partial charge in [-0.2, -0.15) is 0 Å². The van der Waals surface area contributed by atoms with Gasteiger partial charge in [-0.15, -0.1) is 10.2 Å². The number of halogens is 1. The van der Waals surface area contributed by atoms with E-state index >= 15 is 0 Å². The van der Waals surface area contributed by atoms with E-state index in [0.29, 0.717) is 17.2 Å². The van der Waals surface area contributed by atoms with Crippen molar-refractivity contribution >= 4 is 27.7 Å². The van der Waals surface area contributed by atoms with Crippen LogP contribution in [-0.4, -0.2) is 29.1 Å². The van der Waals surface area contributed by atoms with Gasteiger partial charge in [-0.25, -0.2) is 0 Å². The first-order valence-electron chi connectivity index (χ1n) is 9.34. The Morgan fingerprint density at radius 1 is 1.10 bits per heavy atom. The molecule has 1 aromatic heterocycles. The molecule has 1 atom stereocenters. The molecular weight excluding hydrogens is 452 g/mol. The number of esters is 1. The van der Waals surface area contributed by atoms with E-state index in [1.807, 2.05) is 31.2 Å². The van der Waals surface area contributed by atoms with Crippen LogP contribution in [0.2, 0.25) is 0 Å². The van der Waals surface area contributed by atoms with Gasteiger partial charge >= 0.3 is 5.97 Å². The Balaban J connectivity index is 1.57. The number of methoxy groups -OCH3 is 1. The van der Waals surface area contributed by atoms with Crippen molar-refractivity contribution in [2.75, 3.05) is 7.11 Å². The monoisotopic (exact) mass is 472 g/mol. The van der Waals surface area contributed by atoms with Crippen LogP contribution in [-0.2, 0) is 9.53 Å². The molecule has 0 aliphatic rings. The molecule has 7 nitrogen and oxygen atoms in total. The summed E-state index contributed by atoms with van der Waals surface area (Å²) in [6, 6.07) is 12.8. The zero-order chi connectivity index (χ0) is 21.7. The number of nitrogens with zero attached hydrogens (tertiary/aromatic N) is 2. The molecule has 0 radical (unpaired) electrons. The minimum atomic E-state index is -0.722. The number of carbonyl (C=O) groups is 2. The van der Waals surface area contributed by atoms with Crippen LogP contribution in [0.1, 0.15) is 47.7 Å². The van der Waals surface area contributed by atoms with Gasteiger partial charge in [-0.05, 0) is 44.2 Å². The number of aryl methyl sites for hydroxylation is 1. The zero-order valence-corrected chi connectivity index (χ0v) is 18.4. The number of hydrogen-bond acceptors (Lipinski definition) is 7. The molecule has 1 unspecified atom stereocenters. The first-order valence-corrected chi connectivity index (χ1v) is 10.1. The highest BCUT2D eigenvalue weighted by Gasteiger charge is 2.20. The van der Waals surface area contributed by atoms with Crippen LogP contribution >= 0.6 is 15.9 Å². The van der Waals surface area contributed by atoms with Gasteiger partial charge in [0.2, 0.25) is 5.89 Å². The Hall–Kier alpha value is -3.00. The number of hydrogen-bond donors (Lipinski definition) is 0. The molecule has 0 spiro atoms. The second-order valence-electron chi connectivity index (χ2n) is 6.71. The summed E-state index contributed by atoms with van der Waals surface area (Å²) >= 11 is 3.33. The second kappa shape index (κ2) is 9.67. The summed E-state index contributed by atoms with van der Waals surface area (Å²) in [5.74, 6) is 0.264. The molecule has 2 aromatic carbocycles. The van der Waals surface area contributed by atoms with Crippen LogP contribution in [0.15, 0.2) is 51.4 Å². The lowest BCUT2D eigenvalue weighted by molar-refractivity contribution is -0.149. The van der Waals surface area contributed by atoms with E-state index in [1.54, 1.807) is 25.1 Å². The lowest BCUT2D eigenvalue weighted by Gasteiger charge is -2.10. The number of ether oxygens (including phenoxy) is 2. The SMILES string of the molecule is COc1ccc(Br)cc1C(=O)CCC(=O)OC(C)c1nnc(-c2ccc(C)cc2)o1. The largest absolute Gasteiger partial charge is 0.496 e. The molecule has 0 aliphatic heterocycles. The predicted molar refractivity (Wildman–Crippen MR) is 113 cm³/mol. The van der Waals surface area contributed by atoms with E-state index < -0.39 is 12.1 Å². The Morgan fingerprint density at radius 3 is 2.53 bits per heavy atom. The number of rotatable bonds is 8. The van der Waals surface area contributed by atoms with Gasteiger partial charge in [0.15, 0.2) is 11.9 Å². The average Bonchev–Trinajstić information content (AvgIpc) is 3.23. The molecule has 3 aromatic rings. The fraction of sp³-hybridized carbons (Fsp3) is 0.273. The third-order valence-electron chi connectivity index (χ3n) is 4.41. The summed E-state index contributed by atoms with van der Waals surface area (Å²) in [6.45, 7) is 3.63. The third kappa shape index (κ3) is 5.33. The minimum absolute atomic E-state index is 0.00316. The first kappa shape index (κ1) is 21.7. The summed E-state index contributed by atoms with van der Waals surface area (Å²) < 4.78 is 16.9. The molecule has 0 saturated heterocycles. The highest BCUT2D eigenvalue weighted by atomic mass is 79.9. The normalized spacial score (nSPS) is 11.7. The molecule has 0 saturated carbocycles.